The topological polar surface area (TPSA) is 32.7 Å². The number of likely N-dealkylation sites (tertiary alicyclic amines) is 1. The molecule has 1 aliphatic heterocycles. The van der Waals surface area contributed by atoms with Crippen LogP contribution in [0.2, 0.25) is 0 Å². The lowest BCUT2D eigenvalue weighted by molar-refractivity contribution is 0.0364. The minimum atomic E-state index is 0. The van der Waals surface area contributed by atoms with Crippen molar-refractivity contribution in [2.24, 2.45) is 0 Å². The van der Waals surface area contributed by atoms with Gasteiger partial charge in [-0.2, -0.15) is 0 Å². The number of hydrogen-bond acceptors (Lipinski definition) is 3. The first kappa shape index (κ1) is 12.2. The number of aliphatic hydroxyl groups excluding tert-OH is 1. The molecule has 0 spiro atoms. The first-order chi connectivity index (χ1) is 5.36. The minimum absolute atomic E-state index is 0. The van der Waals surface area contributed by atoms with Crippen molar-refractivity contribution in [3.05, 3.63) is 0 Å². The van der Waals surface area contributed by atoms with Crippen LogP contribution < -0.4 is 0 Å². The van der Waals surface area contributed by atoms with Gasteiger partial charge in [0.05, 0.1) is 12.7 Å². The van der Waals surface area contributed by atoms with Gasteiger partial charge in [-0.25, -0.2) is 0 Å². The standard InChI is InChI=1S/C8H17NO2.ClH/c1-11-8-2-4-9(5-3-8)6-7-10;/h8,10H,2-7H2,1H3;1H. The van der Waals surface area contributed by atoms with Crippen molar-refractivity contribution in [1.82, 2.24) is 4.90 Å². The molecule has 0 radical (unpaired) electrons. The van der Waals surface area contributed by atoms with Crippen molar-refractivity contribution in [3.63, 3.8) is 0 Å². The molecule has 0 aromatic heterocycles. The number of nitrogens with zero attached hydrogens (tertiary/aromatic N) is 1. The summed E-state index contributed by atoms with van der Waals surface area (Å²) in [7, 11) is 1.77. The second-order valence-electron chi connectivity index (χ2n) is 3.00. The van der Waals surface area contributed by atoms with Crippen LogP contribution in [-0.4, -0.2) is 49.5 Å². The lowest BCUT2D eigenvalue weighted by Gasteiger charge is -2.30. The van der Waals surface area contributed by atoms with Crippen molar-refractivity contribution >= 4 is 12.4 Å². The molecule has 1 N–H and O–H groups in total. The molecule has 3 nitrogen and oxygen atoms in total. The van der Waals surface area contributed by atoms with Crippen LogP contribution in [0.15, 0.2) is 0 Å². The zero-order valence-electron chi connectivity index (χ0n) is 7.53. The summed E-state index contributed by atoms with van der Waals surface area (Å²) in [5, 5.41) is 8.67. The van der Waals surface area contributed by atoms with Gasteiger partial charge in [-0.05, 0) is 12.8 Å². The maximum atomic E-state index is 8.67. The van der Waals surface area contributed by atoms with E-state index in [1.807, 2.05) is 0 Å². The van der Waals surface area contributed by atoms with E-state index in [4.69, 9.17) is 9.84 Å². The van der Waals surface area contributed by atoms with Crippen LogP contribution in [0.4, 0.5) is 0 Å². The summed E-state index contributed by atoms with van der Waals surface area (Å²) in [5.41, 5.74) is 0. The third-order valence-electron chi connectivity index (χ3n) is 2.28. The molecule has 1 heterocycles. The van der Waals surface area contributed by atoms with Crippen LogP contribution in [0.1, 0.15) is 12.8 Å². The van der Waals surface area contributed by atoms with Crippen molar-refractivity contribution < 1.29 is 9.84 Å². The lowest BCUT2D eigenvalue weighted by Crippen LogP contribution is -2.38. The highest BCUT2D eigenvalue weighted by Gasteiger charge is 2.17. The Hall–Kier alpha value is 0.170. The molecule has 0 unspecified atom stereocenters. The third kappa shape index (κ3) is 3.72. The Morgan fingerprint density at radius 3 is 2.42 bits per heavy atom. The van der Waals surface area contributed by atoms with Gasteiger partial charge in [-0.15, -0.1) is 12.4 Å². The van der Waals surface area contributed by atoms with Gasteiger partial charge in [0.15, 0.2) is 0 Å². The number of rotatable bonds is 3. The van der Waals surface area contributed by atoms with E-state index in [9.17, 15) is 0 Å². The van der Waals surface area contributed by atoms with Crippen molar-refractivity contribution in [1.29, 1.82) is 0 Å². The van der Waals surface area contributed by atoms with E-state index >= 15 is 0 Å². The third-order valence-corrected chi connectivity index (χ3v) is 2.28. The van der Waals surface area contributed by atoms with Crippen LogP contribution in [0.3, 0.4) is 0 Å². The number of ether oxygens (including phenoxy) is 1. The summed E-state index contributed by atoms with van der Waals surface area (Å²) in [5.74, 6) is 0. The number of aliphatic hydroxyl groups is 1. The number of methoxy groups -OCH3 is 1. The highest BCUT2D eigenvalue weighted by molar-refractivity contribution is 5.85. The number of halogens is 1. The van der Waals surface area contributed by atoms with Crippen molar-refractivity contribution in [2.45, 2.75) is 18.9 Å². The quantitative estimate of drug-likeness (QED) is 0.713. The Bertz CT molecular complexity index is 105. The van der Waals surface area contributed by atoms with E-state index in [0.29, 0.717) is 6.10 Å². The Morgan fingerprint density at radius 1 is 1.42 bits per heavy atom. The van der Waals surface area contributed by atoms with Gasteiger partial charge in [0.1, 0.15) is 0 Å². The van der Waals surface area contributed by atoms with Gasteiger partial charge >= 0.3 is 0 Å². The Morgan fingerprint density at radius 2 is 2.00 bits per heavy atom. The summed E-state index contributed by atoms with van der Waals surface area (Å²) in [6, 6.07) is 0. The first-order valence-corrected chi connectivity index (χ1v) is 4.23. The molecular weight excluding hydrogens is 178 g/mol. The molecule has 4 heteroatoms. The Kier molecular flexibility index (Phi) is 6.76. The highest BCUT2D eigenvalue weighted by Crippen LogP contribution is 2.11. The molecule has 0 aromatic rings. The predicted octanol–water partition coefficient (Wildman–Crippen LogP) is 0.511. The molecule has 74 valence electrons. The monoisotopic (exact) mass is 195 g/mol. The van der Waals surface area contributed by atoms with E-state index < -0.39 is 0 Å². The fourth-order valence-electron chi connectivity index (χ4n) is 1.51. The molecule has 1 fully saturated rings. The summed E-state index contributed by atoms with van der Waals surface area (Å²) in [6.07, 6.45) is 2.66. The van der Waals surface area contributed by atoms with Gasteiger partial charge in [-0.3, -0.25) is 0 Å². The zero-order valence-corrected chi connectivity index (χ0v) is 8.35. The molecule has 1 saturated heterocycles. The molecule has 12 heavy (non-hydrogen) atoms. The minimum Gasteiger partial charge on any atom is -0.395 e. The van der Waals surface area contributed by atoms with Crippen LogP contribution in [0.5, 0.6) is 0 Å². The van der Waals surface area contributed by atoms with E-state index in [0.717, 1.165) is 32.5 Å². The molecule has 0 bridgehead atoms. The second-order valence-corrected chi connectivity index (χ2v) is 3.00. The van der Waals surface area contributed by atoms with Crippen LogP contribution >= 0.6 is 12.4 Å². The average Bonchev–Trinajstić information content (AvgIpc) is 2.07. The first-order valence-electron chi connectivity index (χ1n) is 4.23. The SMILES string of the molecule is COC1CCN(CCO)CC1.Cl. The van der Waals surface area contributed by atoms with Gasteiger partial charge in [0, 0.05) is 26.7 Å². The van der Waals surface area contributed by atoms with Gasteiger partial charge < -0.3 is 14.7 Å². The van der Waals surface area contributed by atoms with E-state index in [1.54, 1.807) is 7.11 Å². The van der Waals surface area contributed by atoms with Gasteiger partial charge in [0.25, 0.3) is 0 Å². The number of piperidine rings is 1. The molecular formula is C8H18ClNO2. The zero-order chi connectivity index (χ0) is 8.10. The second kappa shape index (κ2) is 6.66. The average molecular weight is 196 g/mol. The fourth-order valence-corrected chi connectivity index (χ4v) is 1.51. The summed E-state index contributed by atoms with van der Waals surface area (Å²) >= 11 is 0. The molecule has 1 aliphatic rings. The lowest BCUT2D eigenvalue weighted by atomic mass is 10.1. The van der Waals surface area contributed by atoms with Crippen LogP contribution in [-0.2, 0) is 4.74 Å². The van der Waals surface area contributed by atoms with Crippen LogP contribution in [0, 0.1) is 0 Å². The number of β-amino-alcohol motifs (C(OH)–C–C–N with tert-alkyl or cyclic N) is 1. The Balaban J connectivity index is 0.00000121. The van der Waals surface area contributed by atoms with Crippen molar-refractivity contribution in [2.75, 3.05) is 33.4 Å². The van der Waals surface area contributed by atoms with Gasteiger partial charge in [0.2, 0.25) is 0 Å². The Labute approximate surface area is 80.1 Å². The normalized spacial score (nSPS) is 20.5. The van der Waals surface area contributed by atoms with Gasteiger partial charge in [-0.1, -0.05) is 0 Å². The van der Waals surface area contributed by atoms with Crippen molar-refractivity contribution in [3.8, 4) is 0 Å². The van der Waals surface area contributed by atoms with E-state index in [2.05, 4.69) is 4.90 Å². The molecule has 0 aromatic carbocycles. The van der Waals surface area contributed by atoms with Crippen LogP contribution in [0.25, 0.3) is 0 Å². The molecule has 1 rings (SSSR count). The smallest absolute Gasteiger partial charge is 0.0595 e. The maximum Gasteiger partial charge on any atom is 0.0595 e. The fraction of sp³-hybridized carbons (Fsp3) is 1.00. The highest BCUT2D eigenvalue weighted by atomic mass is 35.5. The summed E-state index contributed by atoms with van der Waals surface area (Å²) in [6.45, 7) is 3.23. The maximum absolute atomic E-state index is 8.67. The molecule has 0 amide bonds. The molecule has 0 saturated carbocycles. The number of hydrogen-bond donors (Lipinski definition) is 1. The summed E-state index contributed by atoms with van der Waals surface area (Å²) in [4.78, 5) is 2.27. The molecule has 0 aliphatic carbocycles. The van der Waals surface area contributed by atoms with E-state index in [-0.39, 0.29) is 19.0 Å². The predicted molar refractivity (Wildman–Crippen MR) is 50.8 cm³/mol. The summed E-state index contributed by atoms with van der Waals surface area (Å²) < 4.78 is 5.23. The largest absolute Gasteiger partial charge is 0.395 e. The van der Waals surface area contributed by atoms with E-state index in [1.165, 1.54) is 0 Å². The molecule has 0 atom stereocenters.